The average molecular weight is 434 g/mol. The summed E-state index contributed by atoms with van der Waals surface area (Å²) in [5, 5.41) is 0. The first kappa shape index (κ1) is 22.0. The third-order valence-electron chi connectivity index (χ3n) is 4.76. The fraction of sp³-hybridized carbons (Fsp3) is 0.273. The number of carbonyl (C=O) groups excluding carboxylic acids is 2. The molecule has 8 heteroatoms. The molecule has 0 atom stereocenters. The number of nitrogens with zero attached hydrogens (tertiary/aromatic N) is 2. The Hall–Kier alpha value is -2.74. The molecule has 0 aliphatic carbocycles. The SMILES string of the molecule is CCN(CC)C(=O)/C=C1/Sc2ccccc2N(Cc2cccc(C(F)(F)F)c2)C1=O. The summed E-state index contributed by atoms with van der Waals surface area (Å²) in [6.07, 6.45) is -3.15. The highest BCUT2D eigenvalue weighted by Crippen LogP contribution is 2.42. The Bertz CT molecular complexity index is 984. The van der Waals surface area contributed by atoms with Crippen LogP contribution in [0.3, 0.4) is 0 Å². The number of amides is 2. The summed E-state index contributed by atoms with van der Waals surface area (Å²) < 4.78 is 39.2. The predicted octanol–water partition coefficient (Wildman–Crippen LogP) is 5.10. The third kappa shape index (κ3) is 4.70. The molecule has 4 nitrogen and oxygen atoms in total. The van der Waals surface area contributed by atoms with E-state index >= 15 is 0 Å². The molecule has 0 saturated carbocycles. The molecule has 0 saturated heterocycles. The van der Waals surface area contributed by atoms with Crippen molar-refractivity contribution in [3.63, 3.8) is 0 Å². The minimum absolute atomic E-state index is 0.0306. The van der Waals surface area contributed by atoms with Crippen LogP contribution < -0.4 is 4.90 Å². The van der Waals surface area contributed by atoms with Gasteiger partial charge in [-0.1, -0.05) is 36.0 Å². The highest BCUT2D eigenvalue weighted by Gasteiger charge is 2.32. The maximum atomic E-state index is 13.2. The molecule has 0 bridgehead atoms. The minimum Gasteiger partial charge on any atom is -0.340 e. The number of benzene rings is 2. The van der Waals surface area contributed by atoms with Gasteiger partial charge in [-0.25, -0.2) is 0 Å². The monoisotopic (exact) mass is 434 g/mol. The lowest BCUT2D eigenvalue weighted by molar-refractivity contribution is -0.137. The zero-order chi connectivity index (χ0) is 21.9. The van der Waals surface area contributed by atoms with E-state index in [1.807, 2.05) is 26.0 Å². The number of carbonyl (C=O) groups is 2. The Labute approximate surface area is 177 Å². The van der Waals surface area contributed by atoms with Gasteiger partial charge in [-0.15, -0.1) is 0 Å². The van der Waals surface area contributed by atoms with Crippen LogP contribution in [0.15, 0.2) is 64.4 Å². The second kappa shape index (κ2) is 8.95. The fourth-order valence-electron chi connectivity index (χ4n) is 3.19. The van der Waals surface area contributed by atoms with Crippen molar-refractivity contribution in [2.24, 2.45) is 0 Å². The van der Waals surface area contributed by atoms with Crippen LogP contribution in [0.25, 0.3) is 0 Å². The van der Waals surface area contributed by atoms with Crippen molar-refractivity contribution in [1.29, 1.82) is 0 Å². The van der Waals surface area contributed by atoms with E-state index in [2.05, 4.69) is 0 Å². The first-order valence-electron chi connectivity index (χ1n) is 9.50. The summed E-state index contributed by atoms with van der Waals surface area (Å²) in [5.41, 5.74) is 0.200. The van der Waals surface area contributed by atoms with E-state index in [9.17, 15) is 22.8 Å². The molecule has 0 aromatic heterocycles. The van der Waals surface area contributed by atoms with Gasteiger partial charge in [0.25, 0.3) is 5.91 Å². The summed E-state index contributed by atoms with van der Waals surface area (Å²) in [5.74, 6) is -0.675. The van der Waals surface area contributed by atoms with Crippen LogP contribution in [0, 0.1) is 0 Å². The number of likely N-dealkylation sites (N-methyl/N-ethyl adjacent to an activating group) is 1. The average Bonchev–Trinajstić information content (AvgIpc) is 2.71. The van der Waals surface area contributed by atoms with Gasteiger partial charge in [-0.2, -0.15) is 13.2 Å². The number of halogens is 3. The Morgan fingerprint density at radius 1 is 1.10 bits per heavy atom. The molecule has 0 unspecified atom stereocenters. The Balaban J connectivity index is 1.97. The van der Waals surface area contributed by atoms with Crippen molar-refractivity contribution < 1.29 is 22.8 Å². The van der Waals surface area contributed by atoms with Crippen LogP contribution >= 0.6 is 11.8 Å². The fourth-order valence-corrected chi connectivity index (χ4v) is 4.21. The first-order chi connectivity index (χ1) is 14.2. The molecule has 0 radical (unpaired) electrons. The molecule has 0 spiro atoms. The number of hydrogen-bond donors (Lipinski definition) is 0. The largest absolute Gasteiger partial charge is 0.416 e. The lowest BCUT2D eigenvalue weighted by atomic mass is 10.1. The number of thioether (sulfide) groups is 1. The van der Waals surface area contributed by atoms with E-state index in [4.69, 9.17) is 0 Å². The molecule has 1 aliphatic heterocycles. The Morgan fingerprint density at radius 3 is 2.47 bits per heavy atom. The summed E-state index contributed by atoms with van der Waals surface area (Å²) >= 11 is 1.20. The van der Waals surface area contributed by atoms with Crippen molar-refractivity contribution in [3.05, 3.63) is 70.6 Å². The predicted molar refractivity (Wildman–Crippen MR) is 111 cm³/mol. The van der Waals surface area contributed by atoms with Gasteiger partial charge >= 0.3 is 6.18 Å². The quantitative estimate of drug-likeness (QED) is 0.615. The van der Waals surface area contributed by atoms with Gasteiger partial charge in [0.05, 0.1) is 22.7 Å². The van der Waals surface area contributed by atoms with Gasteiger partial charge in [-0.05, 0) is 43.7 Å². The molecular weight excluding hydrogens is 413 g/mol. The molecule has 1 heterocycles. The standard InChI is InChI=1S/C22H21F3N2O2S/c1-3-26(4-2)20(28)13-19-21(29)27(17-10-5-6-11-18(17)30-19)14-15-8-7-9-16(12-15)22(23,24)25/h5-13H,3-4,14H2,1-2H3/b19-13+. The number of rotatable bonds is 5. The zero-order valence-corrected chi connectivity index (χ0v) is 17.4. The van der Waals surface area contributed by atoms with Crippen molar-refractivity contribution in [3.8, 4) is 0 Å². The number of hydrogen-bond acceptors (Lipinski definition) is 3. The van der Waals surface area contributed by atoms with Crippen LogP contribution in [0.1, 0.15) is 25.0 Å². The van der Waals surface area contributed by atoms with Crippen molar-refractivity contribution >= 4 is 29.3 Å². The van der Waals surface area contributed by atoms with E-state index in [1.54, 1.807) is 23.1 Å². The van der Waals surface area contributed by atoms with Crippen molar-refractivity contribution in [1.82, 2.24) is 4.90 Å². The third-order valence-corrected chi connectivity index (χ3v) is 5.83. The van der Waals surface area contributed by atoms with Crippen LogP contribution in [-0.2, 0) is 22.3 Å². The van der Waals surface area contributed by atoms with Gasteiger partial charge in [0.1, 0.15) is 0 Å². The summed E-state index contributed by atoms with van der Waals surface area (Å²) in [6.45, 7) is 4.71. The maximum Gasteiger partial charge on any atom is 0.416 e. The molecule has 2 aromatic rings. The van der Waals surface area contributed by atoms with Crippen LogP contribution in [0.5, 0.6) is 0 Å². The number of anilines is 1. The Kier molecular flexibility index (Phi) is 6.55. The molecular formula is C22H21F3N2O2S. The van der Waals surface area contributed by atoms with Gasteiger partial charge < -0.3 is 9.80 Å². The number of alkyl halides is 3. The zero-order valence-electron chi connectivity index (χ0n) is 16.6. The molecule has 0 N–H and O–H groups in total. The van der Waals surface area contributed by atoms with Crippen molar-refractivity contribution in [2.75, 3.05) is 18.0 Å². The van der Waals surface area contributed by atoms with E-state index in [0.29, 0.717) is 24.3 Å². The molecule has 0 fully saturated rings. The molecule has 2 aromatic carbocycles. The smallest absolute Gasteiger partial charge is 0.340 e. The number of fused-ring (bicyclic) bond motifs is 1. The highest BCUT2D eigenvalue weighted by atomic mass is 32.2. The lowest BCUT2D eigenvalue weighted by Gasteiger charge is -2.30. The van der Waals surface area contributed by atoms with Crippen LogP contribution in [-0.4, -0.2) is 29.8 Å². The van der Waals surface area contributed by atoms with Gasteiger partial charge in [0.15, 0.2) is 0 Å². The Morgan fingerprint density at radius 2 is 1.80 bits per heavy atom. The summed E-state index contributed by atoms with van der Waals surface area (Å²) in [6, 6.07) is 12.1. The number of para-hydroxylation sites is 1. The highest BCUT2D eigenvalue weighted by molar-refractivity contribution is 8.04. The normalized spacial score (nSPS) is 15.3. The second-order valence-corrected chi connectivity index (χ2v) is 7.76. The molecule has 158 valence electrons. The van der Waals surface area contributed by atoms with E-state index < -0.39 is 17.6 Å². The van der Waals surface area contributed by atoms with Crippen LogP contribution in [0.2, 0.25) is 0 Å². The van der Waals surface area contributed by atoms with Crippen LogP contribution in [0.4, 0.5) is 18.9 Å². The minimum atomic E-state index is -4.46. The maximum absolute atomic E-state index is 13.2. The van der Waals surface area contributed by atoms with E-state index in [0.717, 1.165) is 17.0 Å². The topological polar surface area (TPSA) is 40.6 Å². The van der Waals surface area contributed by atoms with Gasteiger partial charge in [0.2, 0.25) is 5.91 Å². The second-order valence-electron chi connectivity index (χ2n) is 6.68. The molecule has 30 heavy (non-hydrogen) atoms. The van der Waals surface area contributed by atoms with Crippen molar-refractivity contribution in [2.45, 2.75) is 31.5 Å². The summed E-state index contributed by atoms with van der Waals surface area (Å²) in [4.78, 5) is 29.7. The molecule has 3 rings (SSSR count). The van der Waals surface area contributed by atoms with Gasteiger partial charge in [0, 0.05) is 24.1 Å². The first-order valence-corrected chi connectivity index (χ1v) is 10.3. The molecule has 2 amide bonds. The van der Waals surface area contributed by atoms with E-state index in [1.165, 1.54) is 28.8 Å². The summed E-state index contributed by atoms with van der Waals surface area (Å²) in [7, 11) is 0. The molecule has 1 aliphatic rings. The van der Waals surface area contributed by atoms with E-state index in [-0.39, 0.29) is 17.4 Å². The van der Waals surface area contributed by atoms with Gasteiger partial charge in [-0.3, -0.25) is 9.59 Å². The lowest BCUT2D eigenvalue weighted by Crippen LogP contribution is -2.35.